The lowest BCUT2D eigenvalue weighted by atomic mass is 10.1. The van der Waals surface area contributed by atoms with Gasteiger partial charge in [-0.25, -0.2) is 0 Å². The molecule has 0 unspecified atom stereocenters. The van der Waals surface area contributed by atoms with E-state index in [-0.39, 0.29) is 5.91 Å². The molecular weight excluding hydrogens is 354 g/mol. The Bertz CT molecular complexity index is 860. The van der Waals surface area contributed by atoms with E-state index in [1.807, 2.05) is 31.2 Å². The highest BCUT2D eigenvalue weighted by Gasteiger charge is 2.19. The van der Waals surface area contributed by atoms with E-state index in [9.17, 15) is 4.79 Å². The fourth-order valence-electron chi connectivity index (χ4n) is 2.88. The van der Waals surface area contributed by atoms with Crippen LogP contribution in [0.2, 0.25) is 0 Å². The van der Waals surface area contributed by atoms with Gasteiger partial charge in [0.25, 0.3) is 5.91 Å². The summed E-state index contributed by atoms with van der Waals surface area (Å²) < 4.78 is 10.9. The third-order valence-corrected chi connectivity index (χ3v) is 4.22. The third-order valence-electron chi connectivity index (χ3n) is 4.22. The van der Waals surface area contributed by atoms with Crippen LogP contribution in [0.5, 0.6) is 11.5 Å². The number of pyridine rings is 2. The highest BCUT2D eigenvalue weighted by molar-refractivity contribution is 5.95. The lowest BCUT2D eigenvalue weighted by Gasteiger charge is -2.23. The van der Waals surface area contributed by atoms with Crippen molar-refractivity contribution in [3.63, 3.8) is 0 Å². The predicted molar refractivity (Wildman–Crippen MR) is 106 cm³/mol. The first-order chi connectivity index (χ1) is 13.7. The first-order valence-corrected chi connectivity index (χ1v) is 9.09. The molecule has 0 aliphatic carbocycles. The molecule has 2 aromatic heterocycles. The smallest absolute Gasteiger partial charge is 0.254 e. The Morgan fingerprint density at radius 1 is 0.964 bits per heavy atom. The molecule has 0 saturated carbocycles. The van der Waals surface area contributed by atoms with E-state index in [2.05, 4.69) is 9.97 Å². The number of hydrogen-bond acceptors (Lipinski definition) is 5. The summed E-state index contributed by atoms with van der Waals surface area (Å²) in [5.41, 5.74) is 2.51. The van der Waals surface area contributed by atoms with Gasteiger partial charge in [-0.1, -0.05) is 6.07 Å². The molecule has 6 heteroatoms. The quantitative estimate of drug-likeness (QED) is 0.599. The Morgan fingerprint density at radius 3 is 2.43 bits per heavy atom. The summed E-state index contributed by atoms with van der Waals surface area (Å²) in [7, 11) is 1.57. The van der Waals surface area contributed by atoms with Crippen LogP contribution in [-0.4, -0.2) is 34.5 Å². The molecule has 0 bridgehead atoms. The Labute approximate surface area is 164 Å². The fraction of sp³-hybridized carbons (Fsp3) is 0.227. The van der Waals surface area contributed by atoms with Crippen molar-refractivity contribution in [1.29, 1.82) is 0 Å². The minimum absolute atomic E-state index is 0.0954. The average molecular weight is 377 g/mol. The second-order valence-corrected chi connectivity index (χ2v) is 6.18. The van der Waals surface area contributed by atoms with Gasteiger partial charge in [0, 0.05) is 43.4 Å². The van der Waals surface area contributed by atoms with Crippen molar-refractivity contribution >= 4 is 5.91 Å². The van der Waals surface area contributed by atoms with E-state index in [1.54, 1.807) is 55.0 Å². The predicted octanol–water partition coefficient (Wildman–Crippen LogP) is 3.73. The second kappa shape index (κ2) is 9.50. The van der Waals surface area contributed by atoms with Gasteiger partial charge in [0.2, 0.25) is 0 Å². The summed E-state index contributed by atoms with van der Waals surface area (Å²) in [4.78, 5) is 23.3. The van der Waals surface area contributed by atoms with Crippen molar-refractivity contribution in [2.45, 2.75) is 20.0 Å². The molecule has 0 radical (unpaired) electrons. The summed E-state index contributed by atoms with van der Waals surface area (Å²) in [5, 5.41) is 0. The Morgan fingerprint density at radius 2 is 1.75 bits per heavy atom. The number of methoxy groups -OCH3 is 1. The maximum Gasteiger partial charge on any atom is 0.254 e. The Hall–Kier alpha value is -3.41. The number of benzene rings is 1. The number of carbonyl (C=O) groups excluding carboxylic acids is 1. The van der Waals surface area contributed by atoms with Gasteiger partial charge in [-0.2, -0.15) is 0 Å². The highest BCUT2D eigenvalue weighted by atomic mass is 16.5. The van der Waals surface area contributed by atoms with Crippen LogP contribution >= 0.6 is 0 Å². The monoisotopic (exact) mass is 377 g/mol. The first kappa shape index (κ1) is 19.4. The molecule has 6 nitrogen and oxygen atoms in total. The average Bonchev–Trinajstić information content (AvgIpc) is 2.75. The van der Waals surface area contributed by atoms with Crippen molar-refractivity contribution in [2.75, 3.05) is 13.7 Å². The molecule has 0 atom stereocenters. The lowest BCUT2D eigenvalue weighted by molar-refractivity contribution is 0.0729. The minimum atomic E-state index is -0.0954. The molecule has 0 aliphatic rings. The molecule has 2 heterocycles. The minimum Gasteiger partial charge on any atom is -0.493 e. The highest BCUT2D eigenvalue weighted by Crippen LogP contribution is 2.29. The molecule has 0 fully saturated rings. The summed E-state index contributed by atoms with van der Waals surface area (Å²) in [6, 6.07) is 12.9. The van der Waals surface area contributed by atoms with Crippen molar-refractivity contribution in [2.24, 2.45) is 0 Å². The van der Waals surface area contributed by atoms with Crippen molar-refractivity contribution in [1.82, 2.24) is 14.9 Å². The van der Waals surface area contributed by atoms with Crippen LogP contribution in [0.4, 0.5) is 0 Å². The topological polar surface area (TPSA) is 64.5 Å². The third kappa shape index (κ3) is 4.85. The molecule has 0 N–H and O–H groups in total. The van der Waals surface area contributed by atoms with E-state index in [0.29, 0.717) is 36.8 Å². The molecule has 1 aromatic carbocycles. The largest absolute Gasteiger partial charge is 0.493 e. The molecule has 0 spiro atoms. The maximum absolute atomic E-state index is 13.3. The van der Waals surface area contributed by atoms with Gasteiger partial charge in [-0.05, 0) is 54.4 Å². The second-order valence-electron chi connectivity index (χ2n) is 6.18. The molecule has 0 saturated heterocycles. The lowest BCUT2D eigenvalue weighted by Crippen LogP contribution is -2.30. The molecule has 28 heavy (non-hydrogen) atoms. The number of ether oxygens (including phenoxy) is 2. The van der Waals surface area contributed by atoms with E-state index in [1.165, 1.54) is 0 Å². The van der Waals surface area contributed by atoms with E-state index in [0.717, 1.165) is 11.1 Å². The van der Waals surface area contributed by atoms with Gasteiger partial charge in [-0.15, -0.1) is 0 Å². The normalized spacial score (nSPS) is 10.4. The van der Waals surface area contributed by atoms with Crippen LogP contribution in [0.3, 0.4) is 0 Å². The fourth-order valence-corrected chi connectivity index (χ4v) is 2.88. The van der Waals surface area contributed by atoms with Gasteiger partial charge >= 0.3 is 0 Å². The molecule has 144 valence electrons. The van der Waals surface area contributed by atoms with Gasteiger partial charge in [0.15, 0.2) is 11.5 Å². The van der Waals surface area contributed by atoms with E-state index < -0.39 is 0 Å². The van der Waals surface area contributed by atoms with Gasteiger partial charge < -0.3 is 14.4 Å². The molecule has 1 amide bonds. The van der Waals surface area contributed by atoms with E-state index in [4.69, 9.17) is 9.47 Å². The Kier molecular flexibility index (Phi) is 6.57. The van der Waals surface area contributed by atoms with Crippen LogP contribution in [0.25, 0.3) is 0 Å². The first-order valence-electron chi connectivity index (χ1n) is 9.09. The zero-order valence-electron chi connectivity index (χ0n) is 16.0. The number of nitrogens with zero attached hydrogens (tertiary/aromatic N) is 3. The van der Waals surface area contributed by atoms with Crippen LogP contribution in [0.15, 0.2) is 67.3 Å². The zero-order valence-corrected chi connectivity index (χ0v) is 16.0. The summed E-state index contributed by atoms with van der Waals surface area (Å²) >= 11 is 0. The maximum atomic E-state index is 13.3. The van der Waals surface area contributed by atoms with Crippen LogP contribution < -0.4 is 9.47 Å². The van der Waals surface area contributed by atoms with Crippen molar-refractivity contribution in [3.8, 4) is 11.5 Å². The summed E-state index contributed by atoms with van der Waals surface area (Å²) in [5.74, 6) is 1.06. The van der Waals surface area contributed by atoms with Crippen LogP contribution in [0.1, 0.15) is 28.4 Å². The summed E-state index contributed by atoms with van der Waals surface area (Å²) in [6.07, 6.45) is 6.94. The molecule has 3 aromatic rings. The molecular formula is C22H23N3O3. The van der Waals surface area contributed by atoms with Gasteiger partial charge in [0.1, 0.15) is 0 Å². The van der Waals surface area contributed by atoms with Crippen LogP contribution in [-0.2, 0) is 13.1 Å². The number of amides is 1. The van der Waals surface area contributed by atoms with Crippen LogP contribution in [0, 0.1) is 0 Å². The van der Waals surface area contributed by atoms with Crippen molar-refractivity contribution in [3.05, 3.63) is 83.9 Å². The van der Waals surface area contributed by atoms with E-state index >= 15 is 0 Å². The molecule has 3 rings (SSSR count). The van der Waals surface area contributed by atoms with Gasteiger partial charge in [-0.3, -0.25) is 14.8 Å². The van der Waals surface area contributed by atoms with Gasteiger partial charge in [0.05, 0.1) is 13.7 Å². The summed E-state index contributed by atoms with van der Waals surface area (Å²) in [6.45, 7) is 3.35. The van der Waals surface area contributed by atoms with Crippen molar-refractivity contribution < 1.29 is 14.3 Å². The number of rotatable bonds is 8. The number of hydrogen-bond donors (Lipinski definition) is 0. The zero-order chi connectivity index (χ0) is 19.8. The number of carbonyl (C=O) groups is 1. The molecule has 0 aliphatic heterocycles. The SMILES string of the molecule is CCOc1ccc(C(=O)N(Cc2ccncc2)Cc2cccnc2)cc1OC. The number of aromatic nitrogens is 2. The standard InChI is InChI=1S/C22H23N3O3/c1-3-28-20-7-6-19(13-21(20)27-2)22(26)25(15-17-8-11-23-12-9-17)16-18-5-4-10-24-14-18/h4-14H,3,15-16H2,1-2H3. The Balaban J connectivity index is 1.89.